The van der Waals surface area contributed by atoms with Crippen LogP contribution in [0.15, 0.2) is 30.3 Å². The van der Waals surface area contributed by atoms with Crippen molar-refractivity contribution in [3.8, 4) is 0 Å². The number of benzene rings is 1. The Kier molecular flexibility index (Phi) is 3.85. The summed E-state index contributed by atoms with van der Waals surface area (Å²) >= 11 is 0. The van der Waals surface area contributed by atoms with Crippen LogP contribution in [-0.4, -0.2) is 34.7 Å². The Balaban J connectivity index is 1.94. The first-order chi connectivity index (χ1) is 8.09. The first kappa shape index (κ1) is 12.6. The van der Waals surface area contributed by atoms with Crippen LogP contribution in [-0.2, 0) is 6.42 Å². The fourth-order valence-electron chi connectivity index (χ4n) is 2.61. The molecule has 17 heavy (non-hydrogen) atoms. The number of hydrogen-bond acceptors (Lipinski definition) is 2. The Morgan fingerprint density at radius 1 is 1.18 bits per heavy atom. The zero-order chi connectivity index (χ0) is 12.3. The summed E-state index contributed by atoms with van der Waals surface area (Å²) in [6.45, 7) is 6.48. The SMILES string of the molecule is CC(C)N1CCC(O)(Cc2ccccc2)CC1. The summed E-state index contributed by atoms with van der Waals surface area (Å²) in [6, 6.07) is 10.9. The Morgan fingerprint density at radius 2 is 1.76 bits per heavy atom. The summed E-state index contributed by atoms with van der Waals surface area (Å²) in [7, 11) is 0. The van der Waals surface area contributed by atoms with Gasteiger partial charge in [0.15, 0.2) is 0 Å². The smallest absolute Gasteiger partial charge is 0.0712 e. The highest BCUT2D eigenvalue weighted by molar-refractivity contribution is 5.17. The molecule has 1 saturated heterocycles. The average Bonchev–Trinajstić information content (AvgIpc) is 2.30. The van der Waals surface area contributed by atoms with Crippen LogP contribution < -0.4 is 0 Å². The summed E-state index contributed by atoms with van der Waals surface area (Å²) in [5.41, 5.74) is 0.750. The van der Waals surface area contributed by atoms with Crippen molar-refractivity contribution in [3.05, 3.63) is 35.9 Å². The minimum absolute atomic E-state index is 0.493. The fraction of sp³-hybridized carbons (Fsp3) is 0.600. The maximum atomic E-state index is 10.6. The molecule has 0 aliphatic carbocycles. The lowest BCUT2D eigenvalue weighted by atomic mass is 9.85. The van der Waals surface area contributed by atoms with E-state index in [1.807, 2.05) is 18.2 Å². The van der Waals surface area contributed by atoms with Gasteiger partial charge in [-0.1, -0.05) is 30.3 Å². The van der Waals surface area contributed by atoms with Gasteiger partial charge in [0, 0.05) is 25.6 Å². The third kappa shape index (κ3) is 3.30. The number of likely N-dealkylation sites (tertiary alicyclic amines) is 1. The minimum Gasteiger partial charge on any atom is -0.389 e. The first-order valence-corrected chi connectivity index (χ1v) is 6.59. The van der Waals surface area contributed by atoms with Crippen LogP contribution in [0.1, 0.15) is 32.3 Å². The zero-order valence-electron chi connectivity index (χ0n) is 10.9. The molecular formula is C15H23NO. The Bertz CT molecular complexity index is 339. The highest BCUT2D eigenvalue weighted by Crippen LogP contribution is 2.27. The van der Waals surface area contributed by atoms with Crippen LogP contribution in [0.2, 0.25) is 0 Å². The predicted molar refractivity (Wildman–Crippen MR) is 71.0 cm³/mol. The highest BCUT2D eigenvalue weighted by atomic mass is 16.3. The molecule has 0 amide bonds. The van der Waals surface area contributed by atoms with Gasteiger partial charge in [-0.25, -0.2) is 0 Å². The van der Waals surface area contributed by atoms with E-state index in [9.17, 15) is 5.11 Å². The van der Waals surface area contributed by atoms with E-state index in [0.29, 0.717) is 6.04 Å². The van der Waals surface area contributed by atoms with Crippen LogP contribution >= 0.6 is 0 Å². The van der Waals surface area contributed by atoms with Gasteiger partial charge in [0.2, 0.25) is 0 Å². The monoisotopic (exact) mass is 233 g/mol. The molecule has 0 spiro atoms. The second-order valence-corrected chi connectivity index (χ2v) is 5.52. The van der Waals surface area contributed by atoms with E-state index in [-0.39, 0.29) is 0 Å². The van der Waals surface area contributed by atoms with Crippen LogP contribution in [0, 0.1) is 0 Å². The van der Waals surface area contributed by atoms with Gasteiger partial charge in [-0.15, -0.1) is 0 Å². The minimum atomic E-state index is -0.493. The molecule has 1 aliphatic heterocycles. The Morgan fingerprint density at radius 3 is 2.29 bits per heavy atom. The van der Waals surface area contributed by atoms with Crippen molar-refractivity contribution in [2.75, 3.05) is 13.1 Å². The fourth-order valence-corrected chi connectivity index (χ4v) is 2.61. The number of piperidine rings is 1. The topological polar surface area (TPSA) is 23.5 Å². The maximum absolute atomic E-state index is 10.6. The third-order valence-corrected chi connectivity index (χ3v) is 3.84. The largest absolute Gasteiger partial charge is 0.389 e. The second-order valence-electron chi connectivity index (χ2n) is 5.52. The van der Waals surface area contributed by atoms with Crippen molar-refractivity contribution in [1.82, 2.24) is 4.90 Å². The van der Waals surface area contributed by atoms with Gasteiger partial charge in [-0.05, 0) is 32.3 Å². The van der Waals surface area contributed by atoms with E-state index in [1.54, 1.807) is 0 Å². The van der Waals surface area contributed by atoms with Crippen LogP contribution in [0.4, 0.5) is 0 Å². The molecular weight excluding hydrogens is 210 g/mol. The summed E-state index contributed by atoms with van der Waals surface area (Å²) in [5, 5.41) is 10.6. The molecule has 0 saturated carbocycles. The molecule has 1 fully saturated rings. The standard InChI is InChI=1S/C15H23NO/c1-13(2)16-10-8-15(17,9-11-16)12-14-6-4-3-5-7-14/h3-7,13,17H,8-12H2,1-2H3. The molecule has 1 N–H and O–H groups in total. The van der Waals surface area contributed by atoms with Gasteiger partial charge in [0.1, 0.15) is 0 Å². The third-order valence-electron chi connectivity index (χ3n) is 3.84. The molecule has 0 aromatic heterocycles. The molecule has 1 heterocycles. The summed E-state index contributed by atoms with van der Waals surface area (Å²) < 4.78 is 0. The molecule has 2 nitrogen and oxygen atoms in total. The number of aliphatic hydroxyl groups is 1. The van der Waals surface area contributed by atoms with E-state index >= 15 is 0 Å². The molecule has 0 atom stereocenters. The predicted octanol–water partition coefficient (Wildman–Crippen LogP) is 2.46. The molecule has 1 aromatic rings. The van der Waals surface area contributed by atoms with E-state index in [1.165, 1.54) is 5.56 Å². The van der Waals surface area contributed by atoms with Gasteiger partial charge in [-0.3, -0.25) is 0 Å². The molecule has 2 rings (SSSR count). The van der Waals surface area contributed by atoms with Crippen molar-refractivity contribution < 1.29 is 5.11 Å². The van der Waals surface area contributed by atoms with Crippen molar-refractivity contribution in [1.29, 1.82) is 0 Å². The molecule has 94 valence electrons. The Labute approximate surface area is 104 Å². The van der Waals surface area contributed by atoms with Crippen LogP contribution in [0.25, 0.3) is 0 Å². The second kappa shape index (κ2) is 5.19. The molecule has 0 unspecified atom stereocenters. The van der Waals surface area contributed by atoms with E-state index in [0.717, 1.165) is 32.4 Å². The van der Waals surface area contributed by atoms with Gasteiger partial charge in [0.25, 0.3) is 0 Å². The van der Waals surface area contributed by atoms with E-state index < -0.39 is 5.60 Å². The number of rotatable bonds is 3. The molecule has 1 aromatic carbocycles. The van der Waals surface area contributed by atoms with Crippen LogP contribution in [0.3, 0.4) is 0 Å². The van der Waals surface area contributed by atoms with Gasteiger partial charge in [-0.2, -0.15) is 0 Å². The van der Waals surface area contributed by atoms with Crippen molar-refractivity contribution >= 4 is 0 Å². The quantitative estimate of drug-likeness (QED) is 0.867. The molecule has 0 radical (unpaired) electrons. The lowest BCUT2D eigenvalue weighted by molar-refractivity contribution is -0.0271. The normalized spacial score (nSPS) is 20.7. The van der Waals surface area contributed by atoms with Crippen LogP contribution in [0.5, 0.6) is 0 Å². The van der Waals surface area contributed by atoms with Gasteiger partial charge in [0.05, 0.1) is 5.60 Å². The Hall–Kier alpha value is -0.860. The van der Waals surface area contributed by atoms with Crippen molar-refractivity contribution in [3.63, 3.8) is 0 Å². The molecule has 1 aliphatic rings. The lowest BCUT2D eigenvalue weighted by Gasteiger charge is -2.40. The summed E-state index contributed by atoms with van der Waals surface area (Å²) in [6.07, 6.45) is 2.57. The van der Waals surface area contributed by atoms with Crippen molar-refractivity contribution in [2.45, 2.75) is 44.8 Å². The summed E-state index contributed by atoms with van der Waals surface area (Å²) in [5.74, 6) is 0. The molecule has 0 bridgehead atoms. The van der Waals surface area contributed by atoms with Gasteiger partial charge < -0.3 is 10.0 Å². The van der Waals surface area contributed by atoms with E-state index in [4.69, 9.17) is 0 Å². The van der Waals surface area contributed by atoms with E-state index in [2.05, 4.69) is 30.9 Å². The van der Waals surface area contributed by atoms with Crippen molar-refractivity contribution in [2.24, 2.45) is 0 Å². The maximum Gasteiger partial charge on any atom is 0.0712 e. The zero-order valence-corrected chi connectivity index (χ0v) is 10.9. The number of hydrogen-bond donors (Lipinski definition) is 1. The lowest BCUT2D eigenvalue weighted by Crippen LogP contribution is -2.47. The molecule has 2 heteroatoms. The number of nitrogens with zero attached hydrogens (tertiary/aromatic N) is 1. The summed E-state index contributed by atoms with van der Waals surface area (Å²) in [4.78, 5) is 2.44. The van der Waals surface area contributed by atoms with Gasteiger partial charge >= 0.3 is 0 Å². The highest BCUT2D eigenvalue weighted by Gasteiger charge is 2.32. The average molecular weight is 233 g/mol. The first-order valence-electron chi connectivity index (χ1n) is 6.59.